The fourth-order valence-electron chi connectivity index (χ4n) is 1.92. The maximum Gasteiger partial charge on any atom is 0.244 e. The number of carbonyl (C=O) groups excluding carboxylic acids is 1. The highest BCUT2D eigenvalue weighted by molar-refractivity contribution is 7.89. The second-order valence-corrected chi connectivity index (χ2v) is 7.10. The molecule has 0 aromatic heterocycles. The van der Waals surface area contributed by atoms with Gasteiger partial charge in [-0.3, -0.25) is 4.79 Å². The average Bonchev–Trinajstić information content (AvgIpc) is 2.45. The van der Waals surface area contributed by atoms with Gasteiger partial charge >= 0.3 is 0 Å². The number of benzene rings is 1. The molecule has 0 fully saturated rings. The first-order valence-electron chi connectivity index (χ1n) is 7.13. The molecule has 8 heteroatoms. The van der Waals surface area contributed by atoms with Crippen LogP contribution in [0.2, 0.25) is 0 Å². The van der Waals surface area contributed by atoms with Gasteiger partial charge in [0.15, 0.2) is 0 Å². The third-order valence-electron chi connectivity index (χ3n) is 3.13. The summed E-state index contributed by atoms with van der Waals surface area (Å²) in [5, 5.41) is 2.65. The molecule has 0 saturated heterocycles. The first kappa shape index (κ1) is 18.6. The van der Waals surface area contributed by atoms with Gasteiger partial charge in [-0.25, -0.2) is 13.1 Å². The van der Waals surface area contributed by atoms with Gasteiger partial charge in [0.05, 0.1) is 10.4 Å². The molecule has 0 spiro atoms. The zero-order valence-corrected chi connectivity index (χ0v) is 13.7. The van der Waals surface area contributed by atoms with Crippen LogP contribution < -0.4 is 21.5 Å². The monoisotopic (exact) mass is 328 g/mol. The highest BCUT2D eigenvalue weighted by Crippen LogP contribution is 2.18. The molecule has 1 amide bonds. The third kappa shape index (κ3) is 5.06. The van der Waals surface area contributed by atoms with Gasteiger partial charge in [-0.05, 0) is 31.5 Å². The molecule has 0 aliphatic rings. The third-order valence-corrected chi connectivity index (χ3v) is 4.59. The van der Waals surface area contributed by atoms with Crippen LogP contribution in [0.5, 0.6) is 0 Å². The lowest BCUT2D eigenvalue weighted by Gasteiger charge is -2.23. The molecule has 124 valence electrons. The summed E-state index contributed by atoms with van der Waals surface area (Å²) < 4.78 is 26.4. The molecular formula is C14H24N4O3S. The summed E-state index contributed by atoms with van der Waals surface area (Å²) in [5.74, 6) is -0.348. The van der Waals surface area contributed by atoms with E-state index >= 15 is 0 Å². The summed E-state index contributed by atoms with van der Waals surface area (Å²) in [5.41, 5.74) is 10.6. The van der Waals surface area contributed by atoms with Crippen molar-refractivity contribution in [1.82, 2.24) is 4.72 Å². The van der Waals surface area contributed by atoms with E-state index in [1.807, 2.05) is 6.92 Å². The first-order chi connectivity index (χ1) is 10.2. The minimum atomic E-state index is -3.64. The van der Waals surface area contributed by atoms with Crippen molar-refractivity contribution in [3.8, 4) is 0 Å². The zero-order chi connectivity index (χ0) is 16.8. The average molecular weight is 328 g/mol. The van der Waals surface area contributed by atoms with Crippen LogP contribution in [0.3, 0.4) is 0 Å². The number of carbonyl (C=O) groups is 1. The summed E-state index contributed by atoms with van der Waals surface area (Å²) in [6, 6.07) is 6.00. The van der Waals surface area contributed by atoms with Crippen molar-refractivity contribution in [2.24, 2.45) is 11.5 Å². The number of amides is 1. The quantitative estimate of drug-likeness (QED) is 0.548. The van der Waals surface area contributed by atoms with Gasteiger partial charge in [-0.2, -0.15) is 0 Å². The lowest BCUT2D eigenvalue weighted by atomic mass is 9.96. The Bertz CT molecular complexity index is 614. The van der Waals surface area contributed by atoms with Gasteiger partial charge in [0.25, 0.3) is 0 Å². The SMILES string of the molecule is CCCC(C)(N)C(=O)Nc1cccc(S(=O)(=O)NCCN)c1. The molecule has 7 nitrogen and oxygen atoms in total. The first-order valence-corrected chi connectivity index (χ1v) is 8.61. The van der Waals surface area contributed by atoms with Crippen LogP contribution in [0.25, 0.3) is 0 Å². The van der Waals surface area contributed by atoms with Crippen molar-refractivity contribution < 1.29 is 13.2 Å². The molecule has 22 heavy (non-hydrogen) atoms. The van der Waals surface area contributed by atoms with Gasteiger partial charge in [-0.1, -0.05) is 19.4 Å². The number of hydrogen-bond acceptors (Lipinski definition) is 5. The van der Waals surface area contributed by atoms with Gasteiger partial charge < -0.3 is 16.8 Å². The Morgan fingerprint density at radius 3 is 2.64 bits per heavy atom. The van der Waals surface area contributed by atoms with Crippen molar-refractivity contribution in [2.45, 2.75) is 37.1 Å². The van der Waals surface area contributed by atoms with E-state index in [0.29, 0.717) is 12.1 Å². The largest absolute Gasteiger partial charge is 0.329 e. The number of rotatable bonds is 8. The molecule has 1 aromatic carbocycles. The summed E-state index contributed by atoms with van der Waals surface area (Å²) in [6.07, 6.45) is 1.31. The molecule has 0 aliphatic heterocycles. The minimum Gasteiger partial charge on any atom is -0.329 e. The minimum absolute atomic E-state index is 0.0629. The maximum atomic E-state index is 12.1. The standard InChI is InChI=1S/C14H24N4O3S/c1-3-7-14(2,16)13(19)18-11-5-4-6-12(10-11)22(20,21)17-9-8-15/h4-6,10,17H,3,7-9,15-16H2,1-2H3,(H,18,19). The molecule has 6 N–H and O–H groups in total. The Balaban J connectivity index is 2.91. The number of nitrogens with two attached hydrogens (primary N) is 2. The van der Waals surface area contributed by atoms with Crippen LogP contribution in [-0.2, 0) is 14.8 Å². The Hall–Kier alpha value is -1.48. The molecular weight excluding hydrogens is 304 g/mol. The van der Waals surface area contributed by atoms with Gasteiger partial charge in [-0.15, -0.1) is 0 Å². The Kier molecular flexibility index (Phi) is 6.48. The van der Waals surface area contributed by atoms with Crippen molar-refractivity contribution in [3.05, 3.63) is 24.3 Å². The lowest BCUT2D eigenvalue weighted by molar-refractivity contribution is -0.120. The Morgan fingerprint density at radius 2 is 2.05 bits per heavy atom. The van der Waals surface area contributed by atoms with E-state index in [0.717, 1.165) is 6.42 Å². The predicted octanol–water partition coefficient (Wildman–Crippen LogP) is 0.380. The fraction of sp³-hybridized carbons (Fsp3) is 0.500. The van der Waals surface area contributed by atoms with Gasteiger partial charge in [0, 0.05) is 18.8 Å². The topological polar surface area (TPSA) is 127 Å². The van der Waals surface area contributed by atoms with E-state index in [1.165, 1.54) is 12.1 Å². The van der Waals surface area contributed by atoms with Gasteiger partial charge in [0.2, 0.25) is 15.9 Å². The summed E-state index contributed by atoms with van der Waals surface area (Å²) in [7, 11) is -3.64. The van der Waals surface area contributed by atoms with Crippen LogP contribution in [0.4, 0.5) is 5.69 Å². The number of nitrogens with one attached hydrogen (secondary N) is 2. The lowest BCUT2D eigenvalue weighted by Crippen LogP contribution is -2.48. The van der Waals surface area contributed by atoms with E-state index in [2.05, 4.69) is 10.0 Å². The molecule has 0 bridgehead atoms. The van der Waals surface area contributed by atoms with Crippen molar-refractivity contribution in [1.29, 1.82) is 0 Å². The fourth-order valence-corrected chi connectivity index (χ4v) is 3.02. The van der Waals surface area contributed by atoms with E-state index in [-0.39, 0.29) is 23.9 Å². The molecule has 0 radical (unpaired) electrons. The molecule has 1 aromatic rings. The maximum absolute atomic E-state index is 12.1. The summed E-state index contributed by atoms with van der Waals surface area (Å²) >= 11 is 0. The molecule has 0 aliphatic carbocycles. The molecule has 1 atom stereocenters. The summed E-state index contributed by atoms with van der Waals surface area (Å²) in [6.45, 7) is 3.94. The predicted molar refractivity (Wildman–Crippen MR) is 86.8 cm³/mol. The van der Waals surface area contributed by atoms with E-state index < -0.39 is 15.6 Å². The molecule has 1 rings (SSSR count). The van der Waals surface area contributed by atoms with Crippen LogP contribution in [0.1, 0.15) is 26.7 Å². The number of sulfonamides is 1. The van der Waals surface area contributed by atoms with Crippen LogP contribution >= 0.6 is 0 Å². The zero-order valence-electron chi connectivity index (χ0n) is 12.9. The van der Waals surface area contributed by atoms with Crippen LogP contribution in [0.15, 0.2) is 29.2 Å². The van der Waals surface area contributed by atoms with Crippen molar-refractivity contribution in [2.75, 3.05) is 18.4 Å². The molecule has 0 heterocycles. The van der Waals surface area contributed by atoms with Gasteiger partial charge in [0.1, 0.15) is 0 Å². The Labute approximate surface area is 131 Å². The number of anilines is 1. The second-order valence-electron chi connectivity index (χ2n) is 5.34. The molecule has 0 saturated carbocycles. The second kappa shape index (κ2) is 7.68. The highest BCUT2D eigenvalue weighted by atomic mass is 32.2. The van der Waals surface area contributed by atoms with Crippen molar-refractivity contribution in [3.63, 3.8) is 0 Å². The smallest absolute Gasteiger partial charge is 0.244 e. The normalized spacial score (nSPS) is 14.4. The highest BCUT2D eigenvalue weighted by Gasteiger charge is 2.27. The van der Waals surface area contributed by atoms with Crippen LogP contribution in [0, 0.1) is 0 Å². The van der Waals surface area contributed by atoms with E-state index in [9.17, 15) is 13.2 Å². The molecule has 1 unspecified atom stereocenters. The van der Waals surface area contributed by atoms with E-state index in [1.54, 1.807) is 19.1 Å². The summed E-state index contributed by atoms with van der Waals surface area (Å²) in [4.78, 5) is 12.2. The van der Waals surface area contributed by atoms with Crippen LogP contribution in [-0.4, -0.2) is 33.0 Å². The van der Waals surface area contributed by atoms with E-state index in [4.69, 9.17) is 11.5 Å². The Morgan fingerprint density at radius 1 is 1.36 bits per heavy atom. The van der Waals surface area contributed by atoms with Crippen molar-refractivity contribution >= 4 is 21.6 Å². The number of hydrogen-bond donors (Lipinski definition) is 4.